The number of ether oxygens (including phenoxy) is 4. The summed E-state index contributed by atoms with van der Waals surface area (Å²) in [4.78, 5) is 16.4. The fraction of sp³-hybridized carbons (Fsp3) is 0.556. The van der Waals surface area contributed by atoms with Crippen molar-refractivity contribution in [3.8, 4) is 23.0 Å². The molecule has 1 N–H and O–H groups in total. The van der Waals surface area contributed by atoms with E-state index in [9.17, 15) is 9.46 Å². The molecule has 11 heteroatoms. The highest BCUT2D eigenvalue weighted by Gasteiger charge is 2.67. The Morgan fingerprint density at radius 2 is 1.19 bits per heavy atom. The van der Waals surface area contributed by atoms with Gasteiger partial charge in [0.1, 0.15) is 24.4 Å². The largest absolute Gasteiger partial charge is 0.493 e. The van der Waals surface area contributed by atoms with Crippen molar-refractivity contribution >= 4 is 7.82 Å². The van der Waals surface area contributed by atoms with E-state index in [0.29, 0.717) is 23.6 Å². The van der Waals surface area contributed by atoms with Gasteiger partial charge in [0.15, 0.2) is 23.0 Å². The van der Waals surface area contributed by atoms with Crippen LogP contribution in [-0.4, -0.2) is 92.6 Å². The number of piperidine rings is 2. The van der Waals surface area contributed by atoms with Crippen LogP contribution in [0.4, 0.5) is 0 Å². The van der Waals surface area contributed by atoms with Gasteiger partial charge in [0.2, 0.25) is 0 Å². The van der Waals surface area contributed by atoms with Crippen molar-refractivity contribution in [3.63, 3.8) is 0 Å². The molecule has 0 amide bonds. The molecule has 2 saturated heterocycles. The van der Waals surface area contributed by atoms with Crippen molar-refractivity contribution in [3.05, 3.63) is 70.8 Å². The summed E-state index contributed by atoms with van der Waals surface area (Å²) in [5, 5.41) is 0. The van der Waals surface area contributed by atoms with Crippen molar-refractivity contribution < 1.29 is 37.5 Å². The molecule has 4 aliphatic heterocycles. The predicted molar refractivity (Wildman–Crippen MR) is 172 cm³/mol. The molecule has 2 spiro atoms. The zero-order valence-electron chi connectivity index (χ0n) is 27.1. The lowest BCUT2D eigenvalue weighted by molar-refractivity contribution is -0.0630. The molecule has 47 heavy (non-hydrogen) atoms. The molecule has 10 atom stereocenters. The van der Waals surface area contributed by atoms with Crippen LogP contribution in [0.2, 0.25) is 0 Å². The van der Waals surface area contributed by atoms with Gasteiger partial charge in [-0.05, 0) is 76.1 Å². The van der Waals surface area contributed by atoms with Crippen molar-refractivity contribution in [2.75, 3.05) is 41.4 Å². The molecule has 0 radical (unpaired) electrons. The highest BCUT2D eigenvalue weighted by atomic mass is 31.2. The lowest BCUT2D eigenvalue weighted by Crippen LogP contribution is -2.65. The van der Waals surface area contributed by atoms with Crippen LogP contribution in [-0.2, 0) is 37.3 Å². The Labute approximate surface area is 274 Å². The first-order valence-corrected chi connectivity index (χ1v) is 18.4. The third-order valence-electron chi connectivity index (χ3n) is 13.2. The summed E-state index contributed by atoms with van der Waals surface area (Å²) in [7, 11) is 3.06. The summed E-state index contributed by atoms with van der Waals surface area (Å²) in [6.45, 7) is 1.81. The van der Waals surface area contributed by atoms with E-state index in [0.717, 1.165) is 50.3 Å². The number of phosphoric ester groups is 1. The van der Waals surface area contributed by atoms with E-state index in [-0.39, 0.29) is 22.7 Å². The number of hydrogen-bond donors (Lipinski definition) is 1. The maximum atomic E-state index is 14.2. The smallest absolute Gasteiger partial charge is 0.473 e. The molecule has 10 rings (SSSR count). The summed E-state index contributed by atoms with van der Waals surface area (Å²) in [5.41, 5.74) is 4.12. The lowest BCUT2D eigenvalue weighted by atomic mass is 9.53. The topological polar surface area (TPSA) is 99.2 Å². The fourth-order valence-electron chi connectivity index (χ4n) is 11.3. The van der Waals surface area contributed by atoms with Crippen LogP contribution in [0.5, 0.6) is 23.0 Å². The summed E-state index contributed by atoms with van der Waals surface area (Å²) in [6.07, 6.45) is 9.23. The summed E-state index contributed by atoms with van der Waals surface area (Å²) < 4.78 is 51.5. The number of likely N-dealkylation sites (tertiary alicyclic amines) is 2. The standard InChI is InChI=1S/C36H41N2O8P/c1-37-15-13-35-21-7-11-27(33(35)43-31-25(41-3)9-5-19(29(31)35)17-23(21)37)45-47(39,40)46-28-12-8-22-24-18-20-6-10-26(42-4)32-30(20)36(22,34(28)44-32)14-16-38(24)2/h5-12,21-24,27-28,33-34H,13-18H2,1-4H3,(H,39,40)/t21-,22-,23+,24+,27-,28-,33-,34-,35-,36-/m0/s1. The molecule has 0 unspecified atom stereocenters. The maximum absolute atomic E-state index is 14.2. The van der Waals surface area contributed by atoms with Crippen LogP contribution in [0.15, 0.2) is 48.6 Å². The average Bonchev–Trinajstić information content (AvgIpc) is 3.60. The van der Waals surface area contributed by atoms with E-state index in [1.807, 2.05) is 24.3 Å². The first-order valence-electron chi connectivity index (χ1n) is 16.9. The van der Waals surface area contributed by atoms with Crippen molar-refractivity contribution in [1.29, 1.82) is 0 Å². The number of rotatable bonds is 6. The van der Waals surface area contributed by atoms with Crippen LogP contribution in [0, 0.1) is 11.8 Å². The predicted octanol–water partition coefficient (Wildman–Crippen LogP) is 4.16. The monoisotopic (exact) mass is 660 g/mol. The van der Waals surface area contributed by atoms with Gasteiger partial charge in [0.05, 0.1) is 14.2 Å². The van der Waals surface area contributed by atoms with Crippen LogP contribution in [0.3, 0.4) is 0 Å². The highest BCUT2D eigenvalue weighted by Crippen LogP contribution is 2.66. The van der Waals surface area contributed by atoms with Crippen LogP contribution in [0.1, 0.15) is 35.1 Å². The van der Waals surface area contributed by atoms with Gasteiger partial charge in [-0.3, -0.25) is 9.05 Å². The van der Waals surface area contributed by atoms with Crippen molar-refractivity contribution in [2.45, 2.75) is 73.0 Å². The second-order valence-electron chi connectivity index (χ2n) is 14.9. The van der Waals surface area contributed by atoms with E-state index in [1.165, 1.54) is 22.3 Å². The van der Waals surface area contributed by atoms with Crippen LogP contribution >= 0.6 is 7.82 Å². The van der Waals surface area contributed by atoms with Gasteiger partial charge in [-0.25, -0.2) is 4.57 Å². The van der Waals surface area contributed by atoms with E-state index >= 15 is 0 Å². The molecule has 248 valence electrons. The van der Waals surface area contributed by atoms with Crippen LogP contribution in [0.25, 0.3) is 0 Å². The Morgan fingerprint density at radius 3 is 1.62 bits per heavy atom. The van der Waals surface area contributed by atoms with E-state index in [1.54, 1.807) is 14.2 Å². The minimum atomic E-state index is -4.63. The Bertz CT molecular complexity index is 1690. The number of methoxy groups -OCH3 is 2. The Morgan fingerprint density at radius 1 is 0.745 bits per heavy atom. The van der Waals surface area contributed by atoms with Gasteiger partial charge >= 0.3 is 7.82 Å². The van der Waals surface area contributed by atoms with Gasteiger partial charge in [0.25, 0.3) is 0 Å². The Hall–Kier alpha value is -2.85. The normalized spacial score (nSPS) is 39.9. The number of hydrogen-bond acceptors (Lipinski definition) is 9. The SMILES string of the molecule is COc1ccc2c3c1O[C@H]1[C@@H](OP(=O)(O)O[C@H]4C=C[C@H]5[C@H]6Cc7ccc(OC)c8c7[C@@]5(CCN6C)[C@H]4O8)C=C[C@H]4[C@@H](C2)N(C)CC[C@@]341. The van der Waals surface area contributed by atoms with Gasteiger partial charge < -0.3 is 33.6 Å². The summed E-state index contributed by atoms with van der Waals surface area (Å²) in [6, 6.07) is 8.89. The molecule has 10 nitrogen and oxygen atoms in total. The third-order valence-corrected chi connectivity index (χ3v) is 14.2. The maximum Gasteiger partial charge on any atom is 0.473 e. The molecule has 2 aromatic rings. The first kappa shape index (κ1) is 29.1. The molecule has 4 aliphatic carbocycles. The summed E-state index contributed by atoms with van der Waals surface area (Å²) in [5.74, 6) is 3.24. The highest BCUT2D eigenvalue weighted by molar-refractivity contribution is 7.47. The molecule has 8 aliphatic rings. The quantitative estimate of drug-likeness (QED) is 0.359. The molecular formula is C36H41N2O8P. The van der Waals surface area contributed by atoms with E-state index in [2.05, 4.69) is 48.2 Å². The zero-order chi connectivity index (χ0) is 32.0. The first-order chi connectivity index (χ1) is 22.7. The zero-order valence-corrected chi connectivity index (χ0v) is 28.0. The minimum Gasteiger partial charge on any atom is -0.493 e. The lowest BCUT2D eigenvalue weighted by Gasteiger charge is -2.57. The second-order valence-corrected chi connectivity index (χ2v) is 16.2. The van der Waals surface area contributed by atoms with Gasteiger partial charge in [0, 0.05) is 45.9 Å². The molecule has 4 heterocycles. The second kappa shape index (κ2) is 9.65. The van der Waals surface area contributed by atoms with Crippen molar-refractivity contribution in [2.24, 2.45) is 11.8 Å². The molecule has 2 fully saturated rings. The van der Waals surface area contributed by atoms with Gasteiger partial charge in [-0.15, -0.1) is 0 Å². The van der Waals surface area contributed by atoms with E-state index in [4.69, 9.17) is 28.0 Å². The molecule has 4 bridgehead atoms. The molecule has 0 saturated carbocycles. The molecule has 0 aromatic heterocycles. The Balaban J connectivity index is 0.993. The Kier molecular flexibility index (Phi) is 5.97. The number of phosphoric acid groups is 1. The average molecular weight is 661 g/mol. The van der Waals surface area contributed by atoms with Gasteiger partial charge in [-0.1, -0.05) is 36.4 Å². The van der Waals surface area contributed by atoms with Crippen molar-refractivity contribution in [1.82, 2.24) is 9.80 Å². The fourth-order valence-corrected chi connectivity index (χ4v) is 12.3. The third kappa shape index (κ3) is 3.57. The van der Waals surface area contributed by atoms with Gasteiger partial charge in [-0.2, -0.15) is 0 Å². The van der Waals surface area contributed by atoms with Crippen LogP contribution < -0.4 is 18.9 Å². The van der Waals surface area contributed by atoms with E-state index < -0.39 is 32.2 Å². The number of benzene rings is 2. The number of nitrogens with zero attached hydrogens (tertiary/aromatic N) is 2. The molecule has 2 aromatic carbocycles. The molecular weight excluding hydrogens is 619 g/mol. The minimum absolute atomic E-state index is 0.196. The summed E-state index contributed by atoms with van der Waals surface area (Å²) >= 11 is 0. The number of likely N-dealkylation sites (N-methyl/N-ethyl adjacent to an activating group) is 2.